The molecule has 0 unspecified atom stereocenters. The van der Waals surface area contributed by atoms with E-state index in [0.29, 0.717) is 46.2 Å². The number of amides is 2. The zero-order valence-electron chi connectivity index (χ0n) is 20.1. The van der Waals surface area contributed by atoms with Crippen molar-refractivity contribution in [1.82, 2.24) is 5.43 Å². The first-order chi connectivity index (χ1) is 17.5. The number of carbonyl (C=O) groups excluding carboxylic acids is 2. The Bertz CT molecular complexity index is 1200. The van der Waals surface area contributed by atoms with Crippen LogP contribution in [-0.4, -0.2) is 31.7 Å². The summed E-state index contributed by atoms with van der Waals surface area (Å²) in [7, 11) is 1.53. The van der Waals surface area contributed by atoms with E-state index in [4.69, 9.17) is 14.2 Å². The van der Waals surface area contributed by atoms with Gasteiger partial charge in [-0.25, -0.2) is 5.43 Å². The first kappa shape index (κ1) is 26.7. The average molecular weight is 554 g/mol. The molecule has 0 spiro atoms. The first-order valence-corrected chi connectivity index (χ1v) is 12.2. The minimum absolute atomic E-state index is 0.00683. The van der Waals surface area contributed by atoms with Crippen molar-refractivity contribution in [3.8, 4) is 17.2 Å². The van der Waals surface area contributed by atoms with Crippen LogP contribution in [0.4, 0.5) is 5.69 Å². The highest BCUT2D eigenvalue weighted by Crippen LogP contribution is 2.37. The van der Waals surface area contributed by atoms with Gasteiger partial charge in [-0.05, 0) is 58.2 Å². The Morgan fingerprint density at radius 1 is 0.944 bits per heavy atom. The Morgan fingerprint density at radius 3 is 2.42 bits per heavy atom. The fourth-order valence-electron chi connectivity index (χ4n) is 3.22. The molecule has 0 atom stereocenters. The van der Waals surface area contributed by atoms with E-state index in [1.165, 1.54) is 13.3 Å². The Balaban J connectivity index is 1.54. The molecule has 3 aromatic rings. The number of anilines is 1. The topological polar surface area (TPSA) is 98.2 Å². The molecule has 0 aromatic heterocycles. The predicted molar refractivity (Wildman–Crippen MR) is 143 cm³/mol. The number of ether oxygens (including phenoxy) is 3. The van der Waals surface area contributed by atoms with Gasteiger partial charge in [0.05, 0.1) is 30.1 Å². The van der Waals surface area contributed by atoms with Gasteiger partial charge >= 0.3 is 0 Å². The van der Waals surface area contributed by atoms with E-state index in [-0.39, 0.29) is 24.7 Å². The summed E-state index contributed by atoms with van der Waals surface area (Å²) >= 11 is 3.53. The fourth-order valence-corrected chi connectivity index (χ4v) is 3.79. The summed E-state index contributed by atoms with van der Waals surface area (Å²) in [5.74, 6) is 1.02. The molecule has 3 aromatic carbocycles. The summed E-state index contributed by atoms with van der Waals surface area (Å²) in [4.78, 5) is 24.3. The van der Waals surface area contributed by atoms with E-state index in [1.54, 1.807) is 30.3 Å². The van der Waals surface area contributed by atoms with Crippen LogP contribution in [0, 0.1) is 0 Å². The van der Waals surface area contributed by atoms with Gasteiger partial charge < -0.3 is 19.5 Å². The van der Waals surface area contributed by atoms with Crippen LogP contribution in [0.2, 0.25) is 0 Å². The molecule has 188 valence electrons. The number of carbonyl (C=O) groups is 2. The number of benzene rings is 3. The molecular formula is C27H28BrN3O5. The monoisotopic (exact) mass is 553 g/mol. The van der Waals surface area contributed by atoms with Gasteiger partial charge in [0.25, 0.3) is 0 Å². The molecule has 36 heavy (non-hydrogen) atoms. The van der Waals surface area contributed by atoms with E-state index in [2.05, 4.69) is 31.8 Å². The third kappa shape index (κ3) is 8.13. The Kier molecular flexibility index (Phi) is 10.3. The van der Waals surface area contributed by atoms with E-state index in [1.807, 2.05) is 43.3 Å². The second-order valence-corrected chi connectivity index (χ2v) is 8.43. The Morgan fingerprint density at radius 2 is 1.67 bits per heavy atom. The molecule has 9 heteroatoms. The highest BCUT2D eigenvalue weighted by molar-refractivity contribution is 9.10. The number of methoxy groups -OCH3 is 1. The van der Waals surface area contributed by atoms with Crippen molar-refractivity contribution in [3.05, 3.63) is 82.3 Å². The first-order valence-electron chi connectivity index (χ1n) is 11.4. The van der Waals surface area contributed by atoms with Crippen molar-refractivity contribution in [3.63, 3.8) is 0 Å². The van der Waals surface area contributed by atoms with Crippen molar-refractivity contribution in [2.24, 2.45) is 5.10 Å². The average Bonchev–Trinajstić information content (AvgIpc) is 2.88. The van der Waals surface area contributed by atoms with Crippen molar-refractivity contribution in [2.45, 2.75) is 26.4 Å². The van der Waals surface area contributed by atoms with Crippen molar-refractivity contribution in [2.75, 3.05) is 19.0 Å². The molecular weight excluding hydrogens is 526 g/mol. The lowest BCUT2D eigenvalue weighted by Crippen LogP contribution is -2.20. The quantitative estimate of drug-likeness (QED) is 0.234. The van der Waals surface area contributed by atoms with E-state index in [0.717, 1.165) is 5.56 Å². The van der Waals surface area contributed by atoms with Crippen LogP contribution in [-0.2, 0) is 16.2 Å². The zero-order chi connectivity index (χ0) is 25.8. The fraction of sp³-hybridized carbons (Fsp3) is 0.222. The molecule has 0 saturated carbocycles. The third-order valence-corrected chi connectivity index (χ3v) is 5.51. The molecule has 0 heterocycles. The minimum atomic E-state index is -0.381. The number of hydrogen-bond donors (Lipinski definition) is 2. The molecule has 0 aliphatic carbocycles. The van der Waals surface area contributed by atoms with Gasteiger partial charge in [-0.2, -0.15) is 5.10 Å². The molecule has 8 nitrogen and oxygen atoms in total. The number of nitrogens with one attached hydrogen (secondary N) is 2. The summed E-state index contributed by atoms with van der Waals surface area (Å²) in [6.07, 6.45) is 1.49. The lowest BCUT2D eigenvalue weighted by molar-refractivity contribution is -0.124. The standard InChI is InChI=1S/C27H28BrN3O5/c1-3-35-24-16-20(15-21(28)27(24)36-18-19-9-5-4-6-10-19)17-29-31-26(33)14-13-25(32)30-22-11-7-8-12-23(22)34-2/h4-12,15-17H,3,13-14,18H2,1-2H3,(H,30,32)(H,31,33). The summed E-state index contributed by atoms with van der Waals surface area (Å²) in [6.45, 7) is 2.75. The lowest BCUT2D eigenvalue weighted by atomic mass is 10.2. The molecule has 0 saturated heterocycles. The van der Waals surface area contributed by atoms with Gasteiger partial charge in [0.1, 0.15) is 12.4 Å². The van der Waals surface area contributed by atoms with Gasteiger partial charge in [-0.15, -0.1) is 0 Å². The molecule has 2 N–H and O–H groups in total. The van der Waals surface area contributed by atoms with Crippen LogP contribution < -0.4 is 25.0 Å². The van der Waals surface area contributed by atoms with E-state index >= 15 is 0 Å². The highest BCUT2D eigenvalue weighted by Gasteiger charge is 2.13. The van der Waals surface area contributed by atoms with Crippen LogP contribution in [0.3, 0.4) is 0 Å². The smallest absolute Gasteiger partial charge is 0.240 e. The van der Waals surface area contributed by atoms with E-state index < -0.39 is 0 Å². The Hall–Kier alpha value is -3.85. The van der Waals surface area contributed by atoms with Gasteiger partial charge in [0, 0.05) is 12.8 Å². The SMILES string of the molecule is CCOc1cc(C=NNC(=O)CCC(=O)Nc2ccccc2OC)cc(Br)c1OCc1ccccc1. The largest absolute Gasteiger partial charge is 0.495 e. The molecule has 0 aliphatic heterocycles. The van der Waals surface area contributed by atoms with Crippen LogP contribution >= 0.6 is 15.9 Å². The second kappa shape index (κ2) is 13.9. The van der Waals surface area contributed by atoms with Crippen LogP contribution in [0.1, 0.15) is 30.9 Å². The summed E-state index contributed by atoms with van der Waals surface area (Å²) in [5.41, 5.74) is 4.73. The van der Waals surface area contributed by atoms with Gasteiger partial charge in [-0.1, -0.05) is 42.5 Å². The van der Waals surface area contributed by atoms with Gasteiger partial charge in [-0.3, -0.25) is 9.59 Å². The number of nitrogens with zero attached hydrogens (tertiary/aromatic N) is 1. The highest BCUT2D eigenvalue weighted by atomic mass is 79.9. The summed E-state index contributed by atoms with van der Waals surface area (Å²) < 4.78 is 17.6. The second-order valence-electron chi connectivity index (χ2n) is 7.58. The number of hydrazone groups is 1. The van der Waals surface area contributed by atoms with Crippen LogP contribution in [0.15, 0.2) is 76.3 Å². The van der Waals surface area contributed by atoms with Gasteiger partial charge in [0.15, 0.2) is 11.5 Å². The Labute approximate surface area is 218 Å². The molecule has 0 fully saturated rings. The molecule has 3 rings (SSSR count). The van der Waals surface area contributed by atoms with Crippen molar-refractivity contribution >= 4 is 39.6 Å². The lowest BCUT2D eigenvalue weighted by Gasteiger charge is -2.14. The zero-order valence-corrected chi connectivity index (χ0v) is 21.7. The summed E-state index contributed by atoms with van der Waals surface area (Å²) in [6, 6.07) is 20.5. The van der Waals surface area contributed by atoms with E-state index in [9.17, 15) is 9.59 Å². The number of hydrogen-bond acceptors (Lipinski definition) is 6. The third-order valence-electron chi connectivity index (χ3n) is 4.92. The normalized spacial score (nSPS) is 10.6. The number of para-hydroxylation sites is 2. The molecule has 0 bridgehead atoms. The predicted octanol–water partition coefficient (Wildman–Crippen LogP) is 5.30. The van der Waals surface area contributed by atoms with Gasteiger partial charge in [0.2, 0.25) is 11.8 Å². The molecule has 2 amide bonds. The molecule has 0 radical (unpaired) electrons. The van der Waals surface area contributed by atoms with Crippen LogP contribution in [0.5, 0.6) is 17.2 Å². The maximum absolute atomic E-state index is 12.2. The van der Waals surface area contributed by atoms with Crippen molar-refractivity contribution in [1.29, 1.82) is 0 Å². The minimum Gasteiger partial charge on any atom is -0.495 e. The number of halogens is 1. The molecule has 0 aliphatic rings. The van der Waals surface area contributed by atoms with Crippen LogP contribution in [0.25, 0.3) is 0 Å². The number of rotatable bonds is 12. The maximum atomic E-state index is 12.2. The summed E-state index contributed by atoms with van der Waals surface area (Å²) in [5, 5.41) is 6.74. The van der Waals surface area contributed by atoms with Crippen molar-refractivity contribution < 1.29 is 23.8 Å². The maximum Gasteiger partial charge on any atom is 0.240 e.